The molecular formula is C14H10F2N2. The van der Waals surface area contributed by atoms with Crippen molar-refractivity contribution in [1.29, 1.82) is 5.26 Å². The van der Waals surface area contributed by atoms with E-state index in [0.29, 0.717) is 5.69 Å². The summed E-state index contributed by atoms with van der Waals surface area (Å²) >= 11 is 0. The highest BCUT2D eigenvalue weighted by atomic mass is 19.1. The van der Waals surface area contributed by atoms with Gasteiger partial charge in [-0.25, -0.2) is 8.78 Å². The van der Waals surface area contributed by atoms with Crippen molar-refractivity contribution >= 4 is 11.4 Å². The fourth-order valence-corrected chi connectivity index (χ4v) is 1.62. The molecule has 0 bridgehead atoms. The Hall–Kier alpha value is -2.41. The molecule has 0 spiro atoms. The second kappa shape index (κ2) is 4.84. The Balaban J connectivity index is 2.34. The highest BCUT2D eigenvalue weighted by molar-refractivity contribution is 5.63. The van der Waals surface area contributed by atoms with E-state index in [0.717, 1.165) is 5.69 Å². The first kappa shape index (κ1) is 12.1. The number of benzene rings is 2. The maximum absolute atomic E-state index is 13.5. The lowest BCUT2D eigenvalue weighted by molar-refractivity contribution is 0.623. The predicted molar refractivity (Wildman–Crippen MR) is 65.6 cm³/mol. The van der Waals surface area contributed by atoms with Crippen molar-refractivity contribution in [2.45, 2.75) is 0 Å². The van der Waals surface area contributed by atoms with Crippen LogP contribution in [-0.2, 0) is 0 Å². The molecule has 2 aromatic rings. The molecule has 0 radical (unpaired) electrons. The Bertz CT molecular complexity index is 600. The number of hydrogen-bond donors (Lipinski definition) is 0. The first-order chi connectivity index (χ1) is 8.61. The number of halogens is 2. The third kappa shape index (κ3) is 2.30. The summed E-state index contributed by atoms with van der Waals surface area (Å²) in [5.74, 6) is -0.887. The first-order valence-corrected chi connectivity index (χ1v) is 5.31. The molecule has 0 aliphatic carbocycles. The van der Waals surface area contributed by atoms with Crippen LogP contribution in [0.4, 0.5) is 20.2 Å². The minimum absolute atomic E-state index is 0.00579. The summed E-state index contributed by atoms with van der Waals surface area (Å²) in [6.45, 7) is 0. The highest BCUT2D eigenvalue weighted by Gasteiger charge is 2.08. The molecule has 0 saturated heterocycles. The SMILES string of the molecule is CN(c1ccc(F)cc1)c1ccc(C#N)c(F)c1. The Kier molecular flexibility index (Phi) is 3.24. The Morgan fingerprint density at radius 2 is 1.61 bits per heavy atom. The van der Waals surface area contributed by atoms with Gasteiger partial charge in [0.25, 0.3) is 0 Å². The van der Waals surface area contributed by atoms with Gasteiger partial charge >= 0.3 is 0 Å². The molecule has 0 N–H and O–H groups in total. The molecule has 0 amide bonds. The molecule has 0 unspecified atom stereocenters. The third-order valence-electron chi connectivity index (χ3n) is 2.67. The summed E-state index contributed by atoms with van der Waals surface area (Å²) in [6, 6.07) is 12.0. The molecule has 18 heavy (non-hydrogen) atoms. The van der Waals surface area contributed by atoms with Crippen LogP contribution in [0.1, 0.15) is 5.56 Å². The predicted octanol–water partition coefficient (Wildman–Crippen LogP) is 3.60. The van der Waals surface area contributed by atoms with Crippen LogP contribution >= 0.6 is 0 Å². The third-order valence-corrected chi connectivity index (χ3v) is 2.67. The molecule has 90 valence electrons. The standard InChI is InChI=1S/C14H10F2N2/c1-18(12-6-3-11(15)4-7-12)13-5-2-10(9-17)14(16)8-13/h2-8H,1H3. The van der Waals surface area contributed by atoms with E-state index in [9.17, 15) is 8.78 Å². The second-order valence-electron chi connectivity index (χ2n) is 3.81. The molecule has 0 aliphatic heterocycles. The Morgan fingerprint density at radius 1 is 1.00 bits per heavy atom. The Morgan fingerprint density at radius 3 is 2.17 bits per heavy atom. The minimum atomic E-state index is -0.566. The monoisotopic (exact) mass is 244 g/mol. The topological polar surface area (TPSA) is 27.0 Å². The first-order valence-electron chi connectivity index (χ1n) is 5.31. The lowest BCUT2D eigenvalue weighted by atomic mass is 10.2. The molecule has 2 aromatic carbocycles. The zero-order chi connectivity index (χ0) is 13.1. The molecule has 2 nitrogen and oxygen atoms in total. The summed E-state index contributed by atoms with van der Waals surface area (Å²) < 4.78 is 26.3. The molecule has 2 rings (SSSR count). The quantitative estimate of drug-likeness (QED) is 0.807. The van der Waals surface area contributed by atoms with Crippen LogP contribution in [0, 0.1) is 23.0 Å². The number of rotatable bonds is 2. The van der Waals surface area contributed by atoms with E-state index in [4.69, 9.17) is 5.26 Å². The van der Waals surface area contributed by atoms with E-state index in [2.05, 4.69) is 0 Å². The summed E-state index contributed by atoms with van der Waals surface area (Å²) in [5, 5.41) is 8.65. The average molecular weight is 244 g/mol. The van der Waals surface area contributed by atoms with E-state index in [1.165, 1.54) is 24.3 Å². The normalized spacial score (nSPS) is 9.89. The lowest BCUT2D eigenvalue weighted by Crippen LogP contribution is -2.09. The number of nitriles is 1. The number of nitrogens with zero attached hydrogens (tertiary/aromatic N) is 2. The van der Waals surface area contributed by atoms with Crippen LogP contribution in [-0.4, -0.2) is 7.05 Å². The van der Waals surface area contributed by atoms with Gasteiger partial charge in [0.1, 0.15) is 17.7 Å². The van der Waals surface area contributed by atoms with E-state index in [1.54, 1.807) is 36.2 Å². The fourth-order valence-electron chi connectivity index (χ4n) is 1.62. The van der Waals surface area contributed by atoms with Crippen LogP contribution in [0.15, 0.2) is 42.5 Å². The van der Waals surface area contributed by atoms with E-state index in [-0.39, 0.29) is 11.4 Å². The number of anilines is 2. The van der Waals surface area contributed by atoms with Crippen LogP contribution in [0.3, 0.4) is 0 Å². The summed E-state index contributed by atoms with van der Waals surface area (Å²) in [5.41, 5.74) is 1.34. The zero-order valence-electron chi connectivity index (χ0n) is 9.69. The van der Waals surface area contributed by atoms with Gasteiger partial charge in [0.05, 0.1) is 5.56 Å². The molecule has 0 heterocycles. The minimum Gasteiger partial charge on any atom is -0.345 e. The lowest BCUT2D eigenvalue weighted by Gasteiger charge is -2.19. The van der Waals surface area contributed by atoms with Gasteiger partial charge in [0.2, 0.25) is 0 Å². The maximum Gasteiger partial charge on any atom is 0.143 e. The smallest absolute Gasteiger partial charge is 0.143 e. The molecule has 0 fully saturated rings. The van der Waals surface area contributed by atoms with Crippen molar-refractivity contribution in [3.05, 3.63) is 59.7 Å². The van der Waals surface area contributed by atoms with Crippen LogP contribution in [0.2, 0.25) is 0 Å². The average Bonchev–Trinajstić information content (AvgIpc) is 2.38. The van der Waals surface area contributed by atoms with Gasteiger partial charge < -0.3 is 4.90 Å². The van der Waals surface area contributed by atoms with Gasteiger partial charge in [0, 0.05) is 18.4 Å². The van der Waals surface area contributed by atoms with Gasteiger partial charge in [-0.05, 0) is 42.5 Å². The highest BCUT2D eigenvalue weighted by Crippen LogP contribution is 2.25. The van der Waals surface area contributed by atoms with Crippen LogP contribution in [0.5, 0.6) is 0 Å². The van der Waals surface area contributed by atoms with Crippen molar-refractivity contribution in [3.63, 3.8) is 0 Å². The van der Waals surface area contributed by atoms with E-state index >= 15 is 0 Å². The molecule has 0 aliphatic rings. The zero-order valence-corrected chi connectivity index (χ0v) is 9.69. The van der Waals surface area contributed by atoms with E-state index < -0.39 is 5.82 Å². The van der Waals surface area contributed by atoms with Crippen LogP contribution < -0.4 is 4.90 Å². The van der Waals surface area contributed by atoms with Crippen molar-refractivity contribution in [2.75, 3.05) is 11.9 Å². The van der Waals surface area contributed by atoms with Crippen molar-refractivity contribution in [2.24, 2.45) is 0 Å². The summed E-state index contributed by atoms with van der Waals surface area (Å²) in [4.78, 5) is 1.71. The van der Waals surface area contributed by atoms with E-state index in [1.807, 2.05) is 0 Å². The van der Waals surface area contributed by atoms with Crippen molar-refractivity contribution in [3.8, 4) is 6.07 Å². The largest absolute Gasteiger partial charge is 0.345 e. The van der Waals surface area contributed by atoms with Crippen LogP contribution in [0.25, 0.3) is 0 Å². The summed E-state index contributed by atoms with van der Waals surface area (Å²) in [7, 11) is 1.74. The molecule has 0 atom stereocenters. The van der Waals surface area contributed by atoms with Crippen molar-refractivity contribution in [1.82, 2.24) is 0 Å². The van der Waals surface area contributed by atoms with Gasteiger partial charge in [-0.2, -0.15) is 5.26 Å². The second-order valence-corrected chi connectivity index (χ2v) is 3.81. The molecule has 0 saturated carbocycles. The Labute approximate surface area is 104 Å². The molecule has 0 aromatic heterocycles. The molecule has 4 heteroatoms. The summed E-state index contributed by atoms with van der Waals surface area (Å²) in [6.07, 6.45) is 0. The van der Waals surface area contributed by atoms with Gasteiger partial charge in [-0.15, -0.1) is 0 Å². The molecular weight excluding hydrogens is 234 g/mol. The fraction of sp³-hybridized carbons (Fsp3) is 0.0714. The number of hydrogen-bond acceptors (Lipinski definition) is 2. The maximum atomic E-state index is 13.5. The van der Waals surface area contributed by atoms with Gasteiger partial charge in [0.15, 0.2) is 0 Å². The van der Waals surface area contributed by atoms with Gasteiger partial charge in [-0.1, -0.05) is 0 Å². The van der Waals surface area contributed by atoms with Crippen molar-refractivity contribution < 1.29 is 8.78 Å². The van der Waals surface area contributed by atoms with Gasteiger partial charge in [-0.3, -0.25) is 0 Å².